The number of aryl methyl sites for hydroxylation is 2. The summed E-state index contributed by atoms with van der Waals surface area (Å²) in [6.07, 6.45) is 3.81. The highest BCUT2D eigenvalue weighted by Crippen LogP contribution is 2.15. The molecule has 1 unspecified atom stereocenters. The molecule has 4 heteroatoms. The van der Waals surface area contributed by atoms with Gasteiger partial charge in [0.2, 0.25) is 0 Å². The molecule has 2 rings (SSSR count). The van der Waals surface area contributed by atoms with Crippen LogP contribution in [-0.2, 0) is 26.8 Å². The molecule has 2 aromatic carbocycles. The van der Waals surface area contributed by atoms with Crippen LogP contribution in [-0.4, -0.2) is 23.0 Å². The normalized spacial score (nSPS) is 12.3. The zero-order valence-electron chi connectivity index (χ0n) is 13.3. The molecule has 0 spiro atoms. The predicted octanol–water partition coefficient (Wildman–Crippen LogP) is 3.53. The zero-order valence-corrected chi connectivity index (χ0v) is 14.1. The molecule has 120 valence electrons. The van der Waals surface area contributed by atoms with E-state index in [0.717, 1.165) is 21.6 Å². The monoisotopic (exact) mass is 328 g/mol. The number of rotatable bonds is 6. The molecule has 3 nitrogen and oxygen atoms in total. The van der Waals surface area contributed by atoms with Gasteiger partial charge in [-0.25, -0.2) is 4.79 Å². The molecule has 0 aromatic heterocycles. The Morgan fingerprint density at radius 2 is 1.83 bits per heavy atom. The van der Waals surface area contributed by atoms with Gasteiger partial charge in [-0.3, -0.25) is 4.21 Å². The second kappa shape index (κ2) is 8.44. The maximum atomic E-state index is 12.4. The second-order valence-corrected chi connectivity index (χ2v) is 6.74. The molecule has 23 heavy (non-hydrogen) atoms. The average Bonchev–Trinajstić information content (AvgIpc) is 2.58. The number of carbonyl (C=O) groups is 1. The van der Waals surface area contributed by atoms with Gasteiger partial charge in [-0.1, -0.05) is 42.0 Å². The molecule has 0 amide bonds. The van der Waals surface area contributed by atoms with E-state index in [0.29, 0.717) is 12.2 Å². The molecule has 2 aromatic rings. The summed E-state index contributed by atoms with van der Waals surface area (Å²) in [7, 11) is 0.320. The van der Waals surface area contributed by atoms with Crippen LogP contribution in [0, 0.1) is 6.92 Å². The lowest BCUT2D eigenvalue weighted by molar-refractivity contribution is -0.134. The summed E-state index contributed by atoms with van der Waals surface area (Å²) in [6.45, 7) is 2.01. The second-order valence-electron chi connectivity index (χ2n) is 5.17. The Hall–Kier alpha value is -2.20. The summed E-state index contributed by atoms with van der Waals surface area (Å²) in [6, 6.07) is 15.5. The SMILES string of the molecule is COC(=O)/C=C/c1ccccc1CCS(=O)c1ccc(C)cc1. The first-order valence-electron chi connectivity index (χ1n) is 7.39. The van der Waals surface area contributed by atoms with Gasteiger partial charge in [-0.05, 0) is 42.7 Å². The van der Waals surface area contributed by atoms with Crippen LogP contribution in [0.25, 0.3) is 6.08 Å². The first-order valence-corrected chi connectivity index (χ1v) is 8.71. The minimum atomic E-state index is -1.03. The van der Waals surface area contributed by atoms with E-state index in [1.54, 1.807) is 6.08 Å². The van der Waals surface area contributed by atoms with Crippen LogP contribution in [0.15, 0.2) is 59.5 Å². The van der Waals surface area contributed by atoms with Gasteiger partial charge in [0.05, 0.1) is 17.9 Å². The fourth-order valence-corrected chi connectivity index (χ4v) is 3.24. The number of ether oxygens (including phenoxy) is 1. The van der Waals surface area contributed by atoms with Crippen LogP contribution < -0.4 is 0 Å². The highest BCUT2D eigenvalue weighted by atomic mass is 32.2. The molecule has 0 saturated heterocycles. The number of esters is 1. The van der Waals surface area contributed by atoms with Crippen molar-refractivity contribution in [1.82, 2.24) is 0 Å². The highest BCUT2D eigenvalue weighted by molar-refractivity contribution is 7.85. The van der Waals surface area contributed by atoms with Crippen LogP contribution in [0.5, 0.6) is 0 Å². The Labute approximate surface area is 139 Å². The summed E-state index contributed by atoms with van der Waals surface area (Å²) in [4.78, 5) is 12.1. The molecule has 0 bridgehead atoms. The lowest BCUT2D eigenvalue weighted by Gasteiger charge is -2.07. The molecular formula is C19H20O3S. The van der Waals surface area contributed by atoms with Crippen LogP contribution in [0.4, 0.5) is 0 Å². The van der Waals surface area contributed by atoms with Crippen molar-refractivity contribution in [2.75, 3.05) is 12.9 Å². The smallest absolute Gasteiger partial charge is 0.330 e. The molecule has 0 aliphatic heterocycles. The van der Waals surface area contributed by atoms with Crippen molar-refractivity contribution in [1.29, 1.82) is 0 Å². The molecule has 0 heterocycles. The third kappa shape index (κ3) is 5.18. The first kappa shape index (κ1) is 17.2. The molecule has 0 aliphatic carbocycles. The Bertz CT molecular complexity index is 718. The fraction of sp³-hybridized carbons (Fsp3) is 0.211. The Morgan fingerprint density at radius 3 is 2.52 bits per heavy atom. The molecular weight excluding hydrogens is 308 g/mol. The van der Waals surface area contributed by atoms with Gasteiger partial charge in [-0.2, -0.15) is 0 Å². The third-order valence-corrected chi connectivity index (χ3v) is 4.87. The van der Waals surface area contributed by atoms with Gasteiger partial charge in [0.1, 0.15) is 0 Å². The quantitative estimate of drug-likeness (QED) is 0.602. The van der Waals surface area contributed by atoms with Crippen molar-refractivity contribution < 1.29 is 13.7 Å². The van der Waals surface area contributed by atoms with Crippen molar-refractivity contribution in [3.05, 3.63) is 71.3 Å². The first-order chi connectivity index (χ1) is 11.1. The van der Waals surface area contributed by atoms with E-state index in [9.17, 15) is 9.00 Å². The van der Waals surface area contributed by atoms with E-state index in [4.69, 9.17) is 0 Å². The topological polar surface area (TPSA) is 43.4 Å². The van der Waals surface area contributed by atoms with Crippen molar-refractivity contribution >= 4 is 22.8 Å². The van der Waals surface area contributed by atoms with E-state index in [2.05, 4.69) is 4.74 Å². The lowest BCUT2D eigenvalue weighted by Crippen LogP contribution is -2.03. The molecule has 0 fully saturated rings. The van der Waals surface area contributed by atoms with Crippen molar-refractivity contribution in [2.45, 2.75) is 18.2 Å². The van der Waals surface area contributed by atoms with Gasteiger partial charge in [0, 0.05) is 16.7 Å². The van der Waals surface area contributed by atoms with E-state index in [1.807, 2.05) is 55.5 Å². The Kier molecular flexibility index (Phi) is 6.29. The Balaban J connectivity index is 2.05. The molecule has 1 atom stereocenters. The van der Waals surface area contributed by atoms with E-state index in [-0.39, 0.29) is 5.97 Å². The van der Waals surface area contributed by atoms with Crippen molar-refractivity contribution in [3.8, 4) is 0 Å². The molecule has 0 radical (unpaired) electrons. The number of carbonyl (C=O) groups excluding carboxylic acids is 1. The number of benzene rings is 2. The molecule has 0 aliphatic rings. The fourth-order valence-electron chi connectivity index (χ4n) is 2.16. The van der Waals surface area contributed by atoms with E-state index in [1.165, 1.54) is 13.2 Å². The zero-order chi connectivity index (χ0) is 16.7. The standard InChI is InChI=1S/C19H20O3S/c1-15-7-10-18(11-8-15)23(21)14-13-17-6-4-3-5-16(17)9-12-19(20)22-2/h3-12H,13-14H2,1-2H3/b12-9+. The van der Waals surface area contributed by atoms with Crippen LogP contribution in [0.2, 0.25) is 0 Å². The van der Waals surface area contributed by atoms with Crippen LogP contribution >= 0.6 is 0 Å². The third-order valence-electron chi connectivity index (χ3n) is 3.50. The van der Waals surface area contributed by atoms with Crippen LogP contribution in [0.1, 0.15) is 16.7 Å². The summed E-state index contributed by atoms with van der Waals surface area (Å²) < 4.78 is 17.0. The largest absolute Gasteiger partial charge is 0.466 e. The minimum Gasteiger partial charge on any atom is -0.466 e. The number of hydrogen-bond acceptors (Lipinski definition) is 3. The Morgan fingerprint density at radius 1 is 1.13 bits per heavy atom. The van der Waals surface area contributed by atoms with Crippen molar-refractivity contribution in [2.24, 2.45) is 0 Å². The summed E-state index contributed by atoms with van der Waals surface area (Å²) in [5, 5.41) is 0. The van der Waals surface area contributed by atoms with Gasteiger partial charge >= 0.3 is 5.97 Å². The molecule has 0 saturated carbocycles. The van der Waals surface area contributed by atoms with E-state index < -0.39 is 10.8 Å². The molecule has 0 N–H and O–H groups in total. The van der Waals surface area contributed by atoms with Gasteiger partial charge in [0.25, 0.3) is 0 Å². The highest BCUT2D eigenvalue weighted by Gasteiger charge is 2.06. The maximum absolute atomic E-state index is 12.4. The average molecular weight is 328 g/mol. The van der Waals surface area contributed by atoms with Gasteiger partial charge in [0.15, 0.2) is 0 Å². The predicted molar refractivity (Wildman–Crippen MR) is 93.7 cm³/mol. The number of hydrogen-bond donors (Lipinski definition) is 0. The maximum Gasteiger partial charge on any atom is 0.330 e. The summed E-state index contributed by atoms with van der Waals surface area (Å²) in [5.41, 5.74) is 3.16. The lowest BCUT2D eigenvalue weighted by atomic mass is 10.1. The van der Waals surface area contributed by atoms with Crippen molar-refractivity contribution in [3.63, 3.8) is 0 Å². The summed E-state index contributed by atoms with van der Waals surface area (Å²) in [5.74, 6) is 0.162. The van der Waals surface area contributed by atoms with Crippen LogP contribution in [0.3, 0.4) is 0 Å². The number of methoxy groups -OCH3 is 1. The minimum absolute atomic E-state index is 0.386. The summed E-state index contributed by atoms with van der Waals surface area (Å²) >= 11 is 0. The van der Waals surface area contributed by atoms with Gasteiger partial charge in [-0.15, -0.1) is 0 Å². The van der Waals surface area contributed by atoms with Gasteiger partial charge < -0.3 is 4.74 Å². The van der Waals surface area contributed by atoms with E-state index >= 15 is 0 Å².